The molecule has 0 aromatic carbocycles. The van der Waals surface area contributed by atoms with Crippen molar-refractivity contribution in [3.8, 4) is 0 Å². The maximum Gasteiger partial charge on any atom is 0.208 e. The Labute approximate surface area is 92.8 Å². The molecule has 2 nitrogen and oxygen atoms in total. The molecule has 1 aliphatic rings. The first-order valence-corrected chi connectivity index (χ1v) is 5.62. The predicted molar refractivity (Wildman–Crippen MR) is 59.7 cm³/mol. The van der Waals surface area contributed by atoms with E-state index in [1.165, 1.54) is 11.3 Å². The van der Waals surface area contributed by atoms with E-state index in [9.17, 15) is 9.59 Å². The van der Waals surface area contributed by atoms with Crippen LogP contribution in [0.1, 0.15) is 27.0 Å². The quantitative estimate of drug-likeness (QED) is 0.419. The highest BCUT2D eigenvalue weighted by molar-refractivity contribution is 14.1. The minimum Gasteiger partial charge on any atom is -0.288 e. The zero-order valence-corrected chi connectivity index (χ0v) is 9.73. The Kier molecular flexibility index (Phi) is 2.11. The lowest BCUT2D eigenvalue weighted by atomic mass is 10.1. The number of Topliss-reactive ketones (excluding diaryl/α,β-unsaturated/α-hetero) is 2. The molecule has 1 heterocycles. The Morgan fingerprint density at radius 1 is 1.38 bits per heavy atom. The van der Waals surface area contributed by atoms with Gasteiger partial charge in [0.25, 0.3) is 0 Å². The van der Waals surface area contributed by atoms with Gasteiger partial charge in [0, 0.05) is 9.14 Å². The van der Waals surface area contributed by atoms with Gasteiger partial charge >= 0.3 is 0 Å². The van der Waals surface area contributed by atoms with Crippen molar-refractivity contribution in [1.82, 2.24) is 0 Å². The van der Waals surface area contributed by atoms with Gasteiger partial charge in [-0.05, 0) is 41.0 Å². The number of carbonyl (C=O) groups excluding carboxylic acids is 2. The fraction of sp³-hybridized carbons (Fsp3) is 0.111. The van der Waals surface area contributed by atoms with Gasteiger partial charge in [0.05, 0.1) is 10.5 Å². The normalized spacial score (nSPS) is 19.2. The van der Waals surface area contributed by atoms with Gasteiger partial charge in [0.1, 0.15) is 0 Å². The molecule has 0 N–H and O–H groups in total. The summed E-state index contributed by atoms with van der Waals surface area (Å²) < 4.78 is 0.774. The third-order valence-electron chi connectivity index (χ3n) is 1.91. The Bertz CT molecular complexity index is 406. The molecule has 0 fully saturated rings. The van der Waals surface area contributed by atoms with Gasteiger partial charge < -0.3 is 0 Å². The van der Waals surface area contributed by atoms with Gasteiger partial charge in [-0.15, -0.1) is 11.3 Å². The lowest BCUT2D eigenvalue weighted by Gasteiger charge is -1.93. The van der Waals surface area contributed by atoms with Gasteiger partial charge in [-0.1, -0.05) is 0 Å². The molecular weight excluding hydrogens is 299 g/mol. The molecule has 2 rings (SSSR count). The summed E-state index contributed by atoms with van der Waals surface area (Å²) in [6, 6.07) is 1.72. The van der Waals surface area contributed by atoms with E-state index in [1.807, 2.05) is 22.6 Å². The van der Waals surface area contributed by atoms with E-state index in [4.69, 9.17) is 0 Å². The van der Waals surface area contributed by atoms with Crippen LogP contribution < -0.4 is 0 Å². The van der Waals surface area contributed by atoms with Crippen LogP contribution in [0.4, 0.5) is 0 Å². The minimum atomic E-state index is -0.117. The average Bonchev–Trinajstić information content (AvgIpc) is 2.56. The van der Waals surface area contributed by atoms with Crippen LogP contribution in [0.15, 0.2) is 20.6 Å². The Balaban J connectivity index is 2.69. The number of halogens is 1. The van der Waals surface area contributed by atoms with Crippen LogP contribution in [0.3, 0.4) is 0 Å². The van der Waals surface area contributed by atoms with Crippen LogP contribution in [-0.4, -0.2) is 11.6 Å². The highest BCUT2D eigenvalue weighted by atomic mass is 127. The molecule has 1 aliphatic carbocycles. The van der Waals surface area contributed by atoms with Crippen LogP contribution in [0.5, 0.6) is 0 Å². The molecule has 0 saturated carbocycles. The molecule has 1 aromatic heterocycles. The van der Waals surface area contributed by atoms with E-state index in [2.05, 4.69) is 0 Å². The number of rotatable bonds is 0. The summed E-state index contributed by atoms with van der Waals surface area (Å²) in [7, 11) is 0. The average molecular weight is 304 g/mol. The molecule has 0 aliphatic heterocycles. The number of hydrogen-bond donors (Lipinski definition) is 0. The molecule has 0 saturated heterocycles. The number of ketones is 2. The van der Waals surface area contributed by atoms with Gasteiger partial charge in [0.15, 0.2) is 5.78 Å². The van der Waals surface area contributed by atoms with E-state index in [0.717, 1.165) is 3.58 Å². The number of thiophene rings is 1. The fourth-order valence-corrected chi connectivity index (χ4v) is 2.66. The number of carbonyl (C=O) groups is 2. The Hall–Kier alpha value is -0.490. The van der Waals surface area contributed by atoms with Gasteiger partial charge in [-0.25, -0.2) is 0 Å². The number of hydrogen-bond acceptors (Lipinski definition) is 3. The van der Waals surface area contributed by atoms with Crippen LogP contribution in [0, 0.1) is 0 Å². The van der Waals surface area contributed by atoms with E-state index >= 15 is 0 Å². The van der Waals surface area contributed by atoms with Crippen molar-refractivity contribution in [1.29, 1.82) is 0 Å². The van der Waals surface area contributed by atoms with Crippen molar-refractivity contribution in [3.05, 3.63) is 31.0 Å². The van der Waals surface area contributed by atoms with Crippen molar-refractivity contribution in [3.63, 3.8) is 0 Å². The largest absolute Gasteiger partial charge is 0.288 e. The monoisotopic (exact) mass is 304 g/mol. The zero-order valence-electron chi connectivity index (χ0n) is 6.76. The smallest absolute Gasteiger partial charge is 0.208 e. The summed E-state index contributed by atoms with van der Waals surface area (Å²) in [5.41, 5.74) is 0.920. The van der Waals surface area contributed by atoms with E-state index in [1.54, 1.807) is 18.4 Å². The lowest BCUT2D eigenvalue weighted by Crippen LogP contribution is -2.01. The van der Waals surface area contributed by atoms with Crippen molar-refractivity contribution in [2.45, 2.75) is 6.92 Å². The second-order valence-corrected chi connectivity index (χ2v) is 5.26. The topological polar surface area (TPSA) is 34.1 Å². The maximum atomic E-state index is 11.6. The third kappa shape index (κ3) is 1.20. The summed E-state index contributed by atoms with van der Waals surface area (Å²) in [4.78, 5) is 23.9. The van der Waals surface area contributed by atoms with Gasteiger partial charge in [-0.3, -0.25) is 9.59 Å². The van der Waals surface area contributed by atoms with Crippen LogP contribution >= 0.6 is 33.9 Å². The Morgan fingerprint density at radius 3 is 2.62 bits per heavy atom. The van der Waals surface area contributed by atoms with Crippen molar-refractivity contribution < 1.29 is 9.59 Å². The summed E-state index contributed by atoms with van der Waals surface area (Å²) in [6.07, 6.45) is 0. The second kappa shape index (κ2) is 3.02. The Morgan fingerprint density at radius 2 is 2.08 bits per heavy atom. The second-order valence-electron chi connectivity index (χ2n) is 2.73. The molecule has 4 heteroatoms. The maximum absolute atomic E-state index is 11.6. The van der Waals surface area contributed by atoms with Crippen LogP contribution in [-0.2, 0) is 0 Å². The molecule has 0 amide bonds. The third-order valence-corrected chi connectivity index (χ3v) is 3.37. The highest BCUT2D eigenvalue weighted by Gasteiger charge is 2.35. The predicted octanol–water partition coefficient (Wildman–Crippen LogP) is 2.84. The van der Waals surface area contributed by atoms with Crippen molar-refractivity contribution in [2.24, 2.45) is 0 Å². The molecular formula is C9H5IO2S. The fourth-order valence-electron chi connectivity index (χ4n) is 1.33. The van der Waals surface area contributed by atoms with Gasteiger partial charge in [0.2, 0.25) is 5.78 Å². The van der Waals surface area contributed by atoms with Crippen molar-refractivity contribution >= 4 is 45.5 Å². The van der Waals surface area contributed by atoms with E-state index in [-0.39, 0.29) is 11.6 Å². The molecule has 66 valence electrons. The number of fused-ring (bicyclic) bond motifs is 1. The van der Waals surface area contributed by atoms with Gasteiger partial charge in [-0.2, -0.15) is 0 Å². The molecule has 13 heavy (non-hydrogen) atoms. The summed E-state index contributed by atoms with van der Waals surface area (Å²) >= 11 is 3.35. The number of allylic oxidation sites excluding steroid dienone is 2. The van der Waals surface area contributed by atoms with Crippen molar-refractivity contribution in [2.75, 3.05) is 0 Å². The summed E-state index contributed by atoms with van der Waals surface area (Å²) in [6.45, 7) is 1.78. The highest BCUT2D eigenvalue weighted by Crippen LogP contribution is 2.33. The molecule has 0 radical (unpaired) electrons. The summed E-state index contributed by atoms with van der Waals surface area (Å²) in [5, 5.41) is 1.78. The standard InChI is InChI=1S/C9H5IO2S/c1-4(10)6-7(11)5-2-3-13-9(5)8(6)12/h2-3H,1H3/b6-4-. The summed E-state index contributed by atoms with van der Waals surface area (Å²) in [5.74, 6) is -0.227. The van der Waals surface area contributed by atoms with Crippen LogP contribution in [0.25, 0.3) is 0 Å². The molecule has 0 bridgehead atoms. The first kappa shape index (κ1) is 9.08. The first-order chi connectivity index (χ1) is 6.13. The zero-order chi connectivity index (χ0) is 9.59. The minimum absolute atomic E-state index is 0.109. The molecule has 1 aromatic rings. The SMILES string of the molecule is C/C(I)=C1\C(=O)c2ccsc2C1=O. The first-order valence-electron chi connectivity index (χ1n) is 3.66. The molecule has 0 unspecified atom stereocenters. The van der Waals surface area contributed by atoms with Crippen LogP contribution in [0.2, 0.25) is 0 Å². The lowest BCUT2D eigenvalue weighted by molar-refractivity contribution is 0.0989. The van der Waals surface area contributed by atoms with E-state index < -0.39 is 0 Å². The molecule has 0 spiro atoms. The molecule has 0 atom stereocenters. The van der Waals surface area contributed by atoms with E-state index in [0.29, 0.717) is 16.0 Å².